The third kappa shape index (κ3) is 2.83. The monoisotopic (exact) mass is 231 g/mol. The molecule has 1 aromatic heterocycles. The summed E-state index contributed by atoms with van der Waals surface area (Å²) in [6, 6.07) is 4.86. The number of hydrogen-bond acceptors (Lipinski definition) is 2. The van der Waals surface area contributed by atoms with Crippen LogP contribution in [0.3, 0.4) is 0 Å². The van der Waals surface area contributed by atoms with Crippen molar-refractivity contribution >= 4 is 0 Å². The zero-order chi connectivity index (χ0) is 12.3. The topological polar surface area (TPSA) is 20.2 Å². The molecule has 0 spiro atoms. The molecule has 0 radical (unpaired) electrons. The molecule has 0 aliphatic carbocycles. The highest BCUT2D eigenvalue weighted by Gasteiger charge is 2.18. The van der Waals surface area contributed by atoms with E-state index in [1.165, 1.54) is 24.2 Å². The second kappa shape index (κ2) is 5.29. The van der Waals surface area contributed by atoms with Crippen molar-refractivity contribution < 1.29 is 0 Å². The molecule has 1 aliphatic rings. The molecule has 17 heavy (non-hydrogen) atoms. The Morgan fingerprint density at radius 2 is 1.88 bits per heavy atom. The van der Waals surface area contributed by atoms with Gasteiger partial charge in [-0.25, -0.2) is 0 Å². The summed E-state index contributed by atoms with van der Waals surface area (Å²) in [5, 5.41) is 0. The van der Waals surface area contributed by atoms with Crippen LogP contribution in [0, 0.1) is 26.2 Å². The van der Waals surface area contributed by atoms with Crippen LogP contribution in [-0.4, -0.2) is 35.3 Å². The summed E-state index contributed by atoms with van der Waals surface area (Å²) in [7, 11) is 0. The molecule has 3 nitrogen and oxygen atoms in total. The van der Waals surface area contributed by atoms with Gasteiger partial charge >= 0.3 is 0 Å². The molecule has 0 atom stereocenters. The Morgan fingerprint density at radius 3 is 2.41 bits per heavy atom. The summed E-state index contributed by atoms with van der Waals surface area (Å²) in [4.78, 5) is 2.34. The Labute approximate surface area is 104 Å². The van der Waals surface area contributed by atoms with Crippen molar-refractivity contribution in [1.29, 1.82) is 0 Å². The first kappa shape index (κ1) is 12.1. The molecule has 2 rings (SSSR count). The summed E-state index contributed by atoms with van der Waals surface area (Å²) in [6.07, 6.45) is 7.66. The lowest BCUT2D eigenvalue weighted by Gasteiger charge is -2.32. The third-order valence-corrected chi connectivity index (χ3v) is 3.49. The van der Waals surface area contributed by atoms with Crippen molar-refractivity contribution in [3.05, 3.63) is 23.5 Å². The summed E-state index contributed by atoms with van der Waals surface area (Å²) >= 11 is 0. The van der Waals surface area contributed by atoms with E-state index in [4.69, 9.17) is 6.42 Å². The maximum atomic E-state index is 5.33. The number of terminal acetylenes is 1. The third-order valence-electron chi connectivity index (χ3n) is 3.49. The van der Waals surface area contributed by atoms with Crippen molar-refractivity contribution in [2.45, 2.75) is 32.7 Å². The molecule has 92 valence electrons. The number of rotatable bonds is 3. The van der Waals surface area contributed by atoms with Crippen molar-refractivity contribution in [3.63, 3.8) is 0 Å². The zero-order valence-corrected chi connectivity index (χ0v) is 10.7. The van der Waals surface area contributed by atoms with Crippen LogP contribution in [0.2, 0.25) is 0 Å². The fourth-order valence-corrected chi connectivity index (χ4v) is 2.40. The van der Waals surface area contributed by atoms with Crippen molar-refractivity contribution in [3.8, 4) is 12.3 Å². The fraction of sp³-hybridized carbons (Fsp3) is 0.571. The molecule has 2 heterocycles. The van der Waals surface area contributed by atoms with Crippen LogP contribution < -0.4 is 5.43 Å². The predicted octanol–water partition coefficient (Wildman–Crippen LogP) is 1.75. The van der Waals surface area contributed by atoms with E-state index >= 15 is 0 Å². The van der Waals surface area contributed by atoms with E-state index < -0.39 is 0 Å². The summed E-state index contributed by atoms with van der Waals surface area (Å²) in [6.45, 7) is 7.25. The molecule has 0 aromatic carbocycles. The molecule has 1 aromatic rings. The van der Waals surface area contributed by atoms with Crippen LogP contribution >= 0.6 is 0 Å². The number of hydrogen-bond donors (Lipinski definition) is 1. The normalized spacial score (nSPS) is 17.9. The molecule has 0 saturated carbocycles. The largest absolute Gasteiger partial charge is 0.323 e. The average Bonchev–Trinajstić information content (AvgIpc) is 2.64. The van der Waals surface area contributed by atoms with Gasteiger partial charge in [-0.05, 0) is 38.8 Å². The van der Waals surface area contributed by atoms with Gasteiger partial charge in [-0.1, -0.05) is 5.92 Å². The van der Waals surface area contributed by atoms with Crippen molar-refractivity contribution in [2.75, 3.05) is 25.1 Å². The van der Waals surface area contributed by atoms with Gasteiger partial charge in [0.15, 0.2) is 0 Å². The van der Waals surface area contributed by atoms with Crippen LogP contribution in [0.4, 0.5) is 0 Å². The lowest BCUT2D eigenvalue weighted by atomic mass is 10.1. The van der Waals surface area contributed by atoms with Crippen molar-refractivity contribution in [2.24, 2.45) is 0 Å². The molecular weight excluding hydrogens is 210 g/mol. The zero-order valence-electron chi connectivity index (χ0n) is 10.7. The van der Waals surface area contributed by atoms with E-state index in [9.17, 15) is 0 Å². The number of nitrogens with one attached hydrogen (secondary N) is 1. The van der Waals surface area contributed by atoms with Gasteiger partial charge in [0.05, 0.1) is 6.54 Å². The highest BCUT2D eigenvalue weighted by Crippen LogP contribution is 2.13. The highest BCUT2D eigenvalue weighted by molar-refractivity contribution is 5.16. The van der Waals surface area contributed by atoms with Crippen LogP contribution in [0.5, 0.6) is 0 Å². The number of likely N-dealkylation sites (tertiary alicyclic amines) is 1. The maximum absolute atomic E-state index is 5.33. The minimum absolute atomic E-state index is 0.564. The van der Waals surface area contributed by atoms with E-state index in [1.807, 2.05) is 0 Å². The van der Waals surface area contributed by atoms with Crippen LogP contribution in [-0.2, 0) is 0 Å². The molecule has 1 saturated heterocycles. The minimum atomic E-state index is 0.564. The van der Waals surface area contributed by atoms with Crippen LogP contribution in [0.15, 0.2) is 12.1 Å². The maximum Gasteiger partial charge on any atom is 0.0598 e. The summed E-state index contributed by atoms with van der Waals surface area (Å²) in [5.41, 5.74) is 6.14. The van der Waals surface area contributed by atoms with Gasteiger partial charge in [-0.2, -0.15) is 0 Å². The van der Waals surface area contributed by atoms with Crippen LogP contribution in [0.25, 0.3) is 0 Å². The van der Waals surface area contributed by atoms with Gasteiger partial charge in [0.1, 0.15) is 0 Å². The van der Waals surface area contributed by atoms with Crippen LogP contribution in [0.1, 0.15) is 24.2 Å². The highest BCUT2D eigenvalue weighted by atomic mass is 15.4. The van der Waals surface area contributed by atoms with E-state index in [2.05, 4.69) is 46.9 Å². The Kier molecular flexibility index (Phi) is 3.75. The van der Waals surface area contributed by atoms with E-state index in [0.717, 1.165) is 19.6 Å². The molecule has 0 unspecified atom stereocenters. The second-order valence-corrected chi connectivity index (χ2v) is 4.84. The van der Waals surface area contributed by atoms with Gasteiger partial charge in [0, 0.05) is 30.5 Å². The van der Waals surface area contributed by atoms with E-state index in [0.29, 0.717) is 6.04 Å². The standard InChI is InChI=1S/C14H21N3/c1-4-9-16-10-7-14(8-11-16)15-17-12(2)5-6-13(17)3/h1,5-6,14-15H,7-11H2,2-3H3. The van der Waals surface area contributed by atoms with Gasteiger partial charge in [-0.15, -0.1) is 6.42 Å². The molecule has 3 heteroatoms. The predicted molar refractivity (Wildman–Crippen MR) is 71.6 cm³/mol. The Hall–Kier alpha value is -1.40. The number of piperidine rings is 1. The fourth-order valence-electron chi connectivity index (χ4n) is 2.40. The molecule has 1 N–H and O–H groups in total. The van der Waals surface area contributed by atoms with E-state index in [1.54, 1.807) is 0 Å². The molecule has 0 bridgehead atoms. The first-order valence-corrected chi connectivity index (χ1v) is 6.28. The number of aromatic nitrogens is 1. The Balaban J connectivity index is 1.88. The average molecular weight is 231 g/mol. The van der Waals surface area contributed by atoms with Gasteiger partial charge < -0.3 is 5.43 Å². The van der Waals surface area contributed by atoms with E-state index in [-0.39, 0.29) is 0 Å². The molecule has 1 aliphatic heterocycles. The quantitative estimate of drug-likeness (QED) is 0.800. The second-order valence-electron chi connectivity index (χ2n) is 4.84. The van der Waals surface area contributed by atoms with Gasteiger partial charge in [0.25, 0.3) is 0 Å². The van der Waals surface area contributed by atoms with Crippen molar-refractivity contribution in [1.82, 2.24) is 9.58 Å². The number of aryl methyl sites for hydroxylation is 2. The molecular formula is C14H21N3. The van der Waals surface area contributed by atoms with Gasteiger partial charge in [-0.3, -0.25) is 9.58 Å². The summed E-state index contributed by atoms with van der Waals surface area (Å²) < 4.78 is 2.20. The number of nitrogens with zero attached hydrogens (tertiary/aromatic N) is 2. The Bertz CT molecular complexity index is 386. The smallest absolute Gasteiger partial charge is 0.0598 e. The molecule has 1 fully saturated rings. The first-order chi connectivity index (χ1) is 8.20. The lowest BCUT2D eigenvalue weighted by Crippen LogP contribution is -2.42. The summed E-state index contributed by atoms with van der Waals surface area (Å²) in [5.74, 6) is 2.72. The molecule has 0 amide bonds. The minimum Gasteiger partial charge on any atom is -0.323 e. The first-order valence-electron chi connectivity index (χ1n) is 6.28. The lowest BCUT2D eigenvalue weighted by molar-refractivity contribution is 0.238. The van der Waals surface area contributed by atoms with Gasteiger partial charge in [0.2, 0.25) is 0 Å². The Morgan fingerprint density at radius 1 is 1.29 bits per heavy atom. The SMILES string of the molecule is C#CCN1CCC(Nn2c(C)ccc2C)CC1.